The molecule has 0 heterocycles. The average molecular weight is 271 g/mol. The number of benzene rings is 2. The Morgan fingerprint density at radius 1 is 1.05 bits per heavy atom. The zero-order valence-corrected chi connectivity index (χ0v) is 12.4. The zero-order valence-electron chi connectivity index (χ0n) is 12.4. The Morgan fingerprint density at radius 2 is 1.65 bits per heavy atom. The first kappa shape index (κ1) is 14.7. The standard InChI is InChI=1S/C18H22FN/c1-4-12(2)14-5-7-15(8-6-14)18(20)17-10-9-16(19)11-13(17)3/h5-12,18H,4,20H2,1-3H3. The second-order valence-corrected chi connectivity index (χ2v) is 5.45. The van der Waals surface area contributed by atoms with E-state index in [1.54, 1.807) is 6.07 Å². The van der Waals surface area contributed by atoms with Crippen molar-refractivity contribution in [1.82, 2.24) is 0 Å². The van der Waals surface area contributed by atoms with Crippen LogP contribution >= 0.6 is 0 Å². The van der Waals surface area contributed by atoms with Gasteiger partial charge in [-0.1, -0.05) is 44.2 Å². The molecular weight excluding hydrogens is 249 g/mol. The molecule has 20 heavy (non-hydrogen) atoms. The van der Waals surface area contributed by atoms with Gasteiger partial charge in [-0.15, -0.1) is 0 Å². The number of halogens is 1. The fourth-order valence-corrected chi connectivity index (χ4v) is 2.44. The van der Waals surface area contributed by atoms with Crippen molar-refractivity contribution >= 4 is 0 Å². The summed E-state index contributed by atoms with van der Waals surface area (Å²) in [6.07, 6.45) is 1.13. The molecule has 106 valence electrons. The molecule has 2 aromatic carbocycles. The van der Waals surface area contributed by atoms with E-state index in [2.05, 4.69) is 38.1 Å². The smallest absolute Gasteiger partial charge is 0.123 e. The molecule has 2 heteroatoms. The summed E-state index contributed by atoms with van der Waals surface area (Å²) in [4.78, 5) is 0. The first-order chi connectivity index (χ1) is 9.52. The van der Waals surface area contributed by atoms with Crippen molar-refractivity contribution in [3.05, 3.63) is 70.5 Å². The third-order valence-electron chi connectivity index (χ3n) is 4.04. The minimum atomic E-state index is -0.217. The minimum absolute atomic E-state index is 0.207. The van der Waals surface area contributed by atoms with E-state index in [0.717, 1.165) is 23.1 Å². The number of hydrogen-bond acceptors (Lipinski definition) is 1. The Labute approximate surface area is 120 Å². The van der Waals surface area contributed by atoms with Gasteiger partial charge in [-0.3, -0.25) is 0 Å². The molecule has 0 aliphatic heterocycles. The van der Waals surface area contributed by atoms with Crippen LogP contribution in [0.2, 0.25) is 0 Å². The topological polar surface area (TPSA) is 26.0 Å². The highest BCUT2D eigenvalue weighted by Gasteiger charge is 2.12. The third kappa shape index (κ3) is 3.07. The maximum Gasteiger partial charge on any atom is 0.123 e. The van der Waals surface area contributed by atoms with Crippen molar-refractivity contribution < 1.29 is 4.39 Å². The molecule has 2 rings (SSSR count). The lowest BCUT2D eigenvalue weighted by Gasteiger charge is -2.17. The summed E-state index contributed by atoms with van der Waals surface area (Å²) in [7, 11) is 0. The van der Waals surface area contributed by atoms with Crippen LogP contribution in [0.15, 0.2) is 42.5 Å². The fourth-order valence-electron chi connectivity index (χ4n) is 2.44. The molecular formula is C18H22FN. The molecule has 2 aromatic rings. The Hall–Kier alpha value is -1.67. The Morgan fingerprint density at radius 3 is 2.20 bits per heavy atom. The SMILES string of the molecule is CCC(C)c1ccc(C(N)c2ccc(F)cc2C)cc1. The monoisotopic (exact) mass is 271 g/mol. The lowest BCUT2D eigenvalue weighted by Crippen LogP contribution is -2.13. The van der Waals surface area contributed by atoms with E-state index in [-0.39, 0.29) is 11.9 Å². The molecule has 0 saturated heterocycles. The Balaban J connectivity index is 2.26. The average Bonchev–Trinajstić information content (AvgIpc) is 2.46. The molecule has 0 aromatic heterocycles. The Bertz CT molecular complexity index is 574. The molecule has 0 fully saturated rings. The number of rotatable bonds is 4. The Kier molecular flexibility index (Phi) is 4.56. The van der Waals surface area contributed by atoms with E-state index in [9.17, 15) is 4.39 Å². The van der Waals surface area contributed by atoms with Crippen molar-refractivity contribution in [1.29, 1.82) is 0 Å². The van der Waals surface area contributed by atoms with Gasteiger partial charge in [0.15, 0.2) is 0 Å². The quantitative estimate of drug-likeness (QED) is 0.857. The van der Waals surface area contributed by atoms with E-state index in [4.69, 9.17) is 5.73 Å². The molecule has 0 radical (unpaired) electrons. The van der Waals surface area contributed by atoms with Gasteiger partial charge in [0.05, 0.1) is 6.04 Å². The second kappa shape index (κ2) is 6.19. The summed E-state index contributed by atoms with van der Waals surface area (Å²) >= 11 is 0. The highest BCUT2D eigenvalue weighted by molar-refractivity contribution is 5.38. The molecule has 2 atom stereocenters. The van der Waals surface area contributed by atoms with E-state index >= 15 is 0 Å². The largest absolute Gasteiger partial charge is 0.320 e. The summed E-state index contributed by atoms with van der Waals surface area (Å²) in [5.41, 5.74) is 10.6. The number of hydrogen-bond donors (Lipinski definition) is 1. The van der Waals surface area contributed by atoms with Crippen LogP contribution in [0.5, 0.6) is 0 Å². The van der Waals surface area contributed by atoms with E-state index in [0.29, 0.717) is 5.92 Å². The summed E-state index contributed by atoms with van der Waals surface area (Å²) in [5, 5.41) is 0. The summed E-state index contributed by atoms with van der Waals surface area (Å²) < 4.78 is 13.2. The van der Waals surface area contributed by atoms with Crippen LogP contribution in [0.3, 0.4) is 0 Å². The van der Waals surface area contributed by atoms with Crippen molar-refractivity contribution in [3.8, 4) is 0 Å². The van der Waals surface area contributed by atoms with Crippen molar-refractivity contribution in [3.63, 3.8) is 0 Å². The van der Waals surface area contributed by atoms with E-state index < -0.39 is 0 Å². The number of nitrogens with two attached hydrogens (primary N) is 1. The normalized spacial score (nSPS) is 14.1. The van der Waals surface area contributed by atoms with Crippen LogP contribution in [0.25, 0.3) is 0 Å². The van der Waals surface area contributed by atoms with Crippen LogP contribution in [0.1, 0.15) is 54.5 Å². The van der Waals surface area contributed by atoms with Gasteiger partial charge in [0.25, 0.3) is 0 Å². The zero-order chi connectivity index (χ0) is 14.7. The first-order valence-electron chi connectivity index (χ1n) is 7.14. The van der Waals surface area contributed by atoms with Gasteiger partial charge >= 0.3 is 0 Å². The van der Waals surface area contributed by atoms with Gasteiger partial charge in [-0.2, -0.15) is 0 Å². The molecule has 0 saturated carbocycles. The maximum absolute atomic E-state index is 13.2. The highest BCUT2D eigenvalue weighted by atomic mass is 19.1. The van der Waals surface area contributed by atoms with Gasteiger partial charge < -0.3 is 5.73 Å². The molecule has 2 N–H and O–H groups in total. The molecule has 1 nitrogen and oxygen atoms in total. The lowest BCUT2D eigenvalue weighted by molar-refractivity contribution is 0.624. The van der Waals surface area contributed by atoms with Gasteiger partial charge in [0.1, 0.15) is 5.82 Å². The predicted octanol–water partition coefficient (Wildman–Crippen LogP) is 4.70. The molecule has 2 unspecified atom stereocenters. The molecule has 0 spiro atoms. The number of aryl methyl sites for hydroxylation is 1. The first-order valence-corrected chi connectivity index (χ1v) is 7.14. The third-order valence-corrected chi connectivity index (χ3v) is 4.04. The summed E-state index contributed by atoms with van der Waals surface area (Å²) in [6.45, 7) is 6.30. The van der Waals surface area contributed by atoms with Crippen molar-refractivity contribution in [2.24, 2.45) is 5.73 Å². The van der Waals surface area contributed by atoms with Crippen LogP contribution in [0, 0.1) is 12.7 Å². The predicted molar refractivity (Wildman–Crippen MR) is 82.3 cm³/mol. The van der Waals surface area contributed by atoms with Crippen LogP contribution in [0.4, 0.5) is 4.39 Å². The van der Waals surface area contributed by atoms with E-state index in [1.807, 2.05) is 6.92 Å². The van der Waals surface area contributed by atoms with Gasteiger partial charge in [0, 0.05) is 0 Å². The van der Waals surface area contributed by atoms with Gasteiger partial charge in [-0.25, -0.2) is 4.39 Å². The molecule has 0 bridgehead atoms. The molecule has 0 aliphatic carbocycles. The highest BCUT2D eigenvalue weighted by Crippen LogP contribution is 2.25. The van der Waals surface area contributed by atoms with Gasteiger partial charge in [0.2, 0.25) is 0 Å². The summed E-state index contributed by atoms with van der Waals surface area (Å²) in [5.74, 6) is 0.346. The summed E-state index contributed by atoms with van der Waals surface area (Å²) in [6, 6.07) is 13.0. The second-order valence-electron chi connectivity index (χ2n) is 5.45. The van der Waals surface area contributed by atoms with Crippen molar-refractivity contribution in [2.45, 2.75) is 39.2 Å². The van der Waals surface area contributed by atoms with E-state index in [1.165, 1.54) is 17.7 Å². The van der Waals surface area contributed by atoms with Crippen molar-refractivity contribution in [2.75, 3.05) is 0 Å². The molecule has 0 aliphatic rings. The van der Waals surface area contributed by atoms with Crippen LogP contribution in [-0.2, 0) is 0 Å². The minimum Gasteiger partial charge on any atom is -0.320 e. The maximum atomic E-state index is 13.2. The van der Waals surface area contributed by atoms with Crippen LogP contribution in [-0.4, -0.2) is 0 Å². The fraction of sp³-hybridized carbons (Fsp3) is 0.333. The van der Waals surface area contributed by atoms with Gasteiger partial charge in [-0.05, 0) is 53.6 Å². The lowest BCUT2D eigenvalue weighted by atomic mass is 9.92. The molecule has 0 amide bonds. The van der Waals surface area contributed by atoms with Crippen LogP contribution < -0.4 is 5.73 Å².